The van der Waals surface area contributed by atoms with Gasteiger partial charge in [0.1, 0.15) is 21.2 Å². The molecule has 0 heterocycles. The Bertz CT molecular complexity index is 617. The molecule has 24 heavy (non-hydrogen) atoms. The first-order chi connectivity index (χ1) is 11.0. The molecule has 0 aliphatic rings. The van der Waals surface area contributed by atoms with Crippen molar-refractivity contribution >= 4 is 44.4 Å². The zero-order valence-electron chi connectivity index (χ0n) is 15.9. The van der Waals surface area contributed by atoms with Crippen LogP contribution in [0.3, 0.4) is 0 Å². The van der Waals surface area contributed by atoms with Gasteiger partial charge < -0.3 is 13.3 Å². The highest BCUT2D eigenvalue weighted by Crippen LogP contribution is 2.33. The van der Waals surface area contributed by atoms with Crippen molar-refractivity contribution in [2.45, 2.75) is 60.2 Å². The largest absolute Gasteiger partial charge is 0.544 e. The first-order valence-electron chi connectivity index (χ1n) is 7.90. The van der Waals surface area contributed by atoms with E-state index in [1.165, 1.54) is 33.0 Å². The molecule has 0 bridgehead atoms. The highest BCUT2D eigenvalue weighted by Gasteiger charge is 2.20. The quantitative estimate of drug-likeness (QED) is 0.524. The van der Waals surface area contributed by atoms with Crippen LogP contribution in [0.15, 0.2) is 11.3 Å². The van der Waals surface area contributed by atoms with Crippen LogP contribution in [0.5, 0.6) is 5.75 Å². The predicted molar refractivity (Wildman–Crippen MR) is 106 cm³/mol. The predicted octanol–water partition coefficient (Wildman–Crippen LogP) is 3.76. The van der Waals surface area contributed by atoms with Gasteiger partial charge in [-0.25, -0.2) is 0 Å². The Morgan fingerprint density at radius 1 is 1.00 bits per heavy atom. The fraction of sp³-hybridized carbons (Fsp3) is 0.529. The van der Waals surface area contributed by atoms with Gasteiger partial charge in [0.25, 0.3) is 0 Å². The van der Waals surface area contributed by atoms with Crippen molar-refractivity contribution in [3.63, 3.8) is 0 Å². The second-order valence-electron chi connectivity index (χ2n) is 6.97. The Hall–Kier alpha value is -0.452. The molecule has 0 spiro atoms. The lowest BCUT2D eigenvalue weighted by Crippen LogP contribution is -2.29. The normalized spacial score (nSPS) is 13.3. The summed E-state index contributed by atoms with van der Waals surface area (Å²) in [5.41, 5.74) is 6.30. The van der Waals surface area contributed by atoms with Gasteiger partial charge in [-0.15, -0.1) is 0 Å². The van der Waals surface area contributed by atoms with Crippen molar-refractivity contribution in [3.05, 3.63) is 33.5 Å². The van der Waals surface area contributed by atoms with Gasteiger partial charge in [0, 0.05) is 0 Å². The molecule has 0 amide bonds. The summed E-state index contributed by atoms with van der Waals surface area (Å²) in [6.07, 6.45) is 0. The second kappa shape index (κ2) is 8.77. The minimum Gasteiger partial charge on any atom is -0.544 e. The molecule has 1 rings (SSSR count). The fourth-order valence-electron chi connectivity index (χ4n) is 2.41. The first-order valence-corrected chi connectivity index (χ1v) is 13.2. The molecule has 0 fully saturated rings. The molecule has 0 unspecified atom stereocenters. The lowest BCUT2D eigenvalue weighted by atomic mass is 9.94. The summed E-state index contributed by atoms with van der Waals surface area (Å²) in [6.45, 7) is 17.4. The Kier molecular flexibility index (Phi) is 7.89. The summed E-state index contributed by atoms with van der Waals surface area (Å²) >= 11 is 0. The second-order valence-corrected chi connectivity index (χ2v) is 13.4. The fourth-order valence-corrected chi connectivity index (χ4v) is 4.65. The summed E-state index contributed by atoms with van der Waals surface area (Å²) in [5.74, 6) is 0.657. The van der Waals surface area contributed by atoms with Gasteiger partial charge in [0.05, 0.1) is 0 Å². The molecule has 128 valence electrons. The maximum Gasteiger partial charge on any atom is 0.249 e. The lowest BCUT2D eigenvalue weighted by molar-refractivity contribution is 0.0931. The minimum atomic E-state index is -1.66. The van der Waals surface area contributed by atoms with E-state index in [0.29, 0.717) is 9.52 Å². The molecule has 1 aromatic carbocycles. The Labute approximate surface area is 157 Å². The molecule has 0 saturated carbocycles. The zero-order valence-corrected chi connectivity index (χ0v) is 19.9. The molecule has 3 nitrogen and oxygen atoms in total. The Morgan fingerprint density at radius 3 is 2.00 bits per heavy atom. The van der Waals surface area contributed by atoms with Crippen LogP contribution in [-0.2, 0) is 8.85 Å². The molecule has 8 radical (unpaired) electrons. The molecule has 0 aromatic heterocycles. The number of rotatable bonds is 7. The zero-order chi connectivity index (χ0) is 18.7. The van der Waals surface area contributed by atoms with E-state index < -0.39 is 8.32 Å². The molecule has 0 saturated heterocycles. The van der Waals surface area contributed by atoms with Gasteiger partial charge in [-0.2, -0.15) is 0 Å². The standard InChI is InChI=1S/C17H26O3Si4/c1-10-11(2)15(9-16(12(10)3)20-24(6,7)8)13(4)14(5)23-17(18-21)19-22/h9,17H,1-8H3. The van der Waals surface area contributed by atoms with Gasteiger partial charge in [0.15, 0.2) is 0 Å². The molecule has 0 aliphatic heterocycles. The highest BCUT2D eigenvalue weighted by atomic mass is 28.4. The van der Waals surface area contributed by atoms with Crippen molar-refractivity contribution in [1.29, 1.82) is 0 Å². The van der Waals surface area contributed by atoms with Crippen LogP contribution in [0.25, 0.3) is 5.57 Å². The molecule has 7 heteroatoms. The SMILES string of the molecule is CC([Si]C(O[Si])O[Si])=C(C)c1cc(O[Si](C)(C)C)c(C)c(C)c1C. The third kappa shape index (κ3) is 5.53. The van der Waals surface area contributed by atoms with Crippen molar-refractivity contribution in [3.8, 4) is 5.75 Å². The summed E-state index contributed by atoms with van der Waals surface area (Å²) in [7, 11) is 4.83. The molecule has 0 N–H and O–H groups in total. The maximum atomic E-state index is 6.32. The lowest BCUT2D eigenvalue weighted by Gasteiger charge is -2.25. The van der Waals surface area contributed by atoms with Crippen LogP contribution in [0.4, 0.5) is 0 Å². The summed E-state index contributed by atoms with van der Waals surface area (Å²) in [5, 5.41) is 1.24. The number of hydrogen-bond acceptors (Lipinski definition) is 3. The van der Waals surface area contributed by atoms with Gasteiger partial charge in [-0.05, 0) is 88.2 Å². The van der Waals surface area contributed by atoms with Crippen molar-refractivity contribution in [2.75, 3.05) is 0 Å². The van der Waals surface area contributed by atoms with E-state index >= 15 is 0 Å². The smallest absolute Gasteiger partial charge is 0.249 e. The van der Waals surface area contributed by atoms with E-state index in [-0.39, 0.29) is 5.91 Å². The summed E-state index contributed by atoms with van der Waals surface area (Å²) in [6, 6.07) is 2.19. The van der Waals surface area contributed by atoms with Crippen molar-refractivity contribution in [1.82, 2.24) is 0 Å². The molecule has 1 aromatic rings. The van der Waals surface area contributed by atoms with E-state index in [1.54, 1.807) is 0 Å². The third-order valence-corrected chi connectivity index (χ3v) is 7.12. The van der Waals surface area contributed by atoms with Gasteiger partial charge >= 0.3 is 0 Å². The van der Waals surface area contributed by atoms with Crippen molar-refractivity contribution < 1.29 is 13.3 Å². The van der Waals surface area contributed by atoms with Crippen LogP contribution in [0.1, 0.15) is 36.1 Å². The monoisotopic (exact) mass is 390 g/mol. The average Bonchev–Trinajstić information content (AvgIpc) is 2.51. The minimum absolute atomic E-state index is 0.349. The number of allylic oxidation sites excluding steroid dienone is 2. The molecule has 0 atom stereocenters. The van der Waals surface area contributed by atoms with Gasteiger partial charge in [-0.3, -0.25) is 0 Å². The summed E-state index contributed by atoms with van der Waals surface area (Å²) < 4.78 is 16.5. The van der Waals surface area contributed by atoms with Crippen LogP contribution in [0.2, 0.25) is 19.6 Å². The van der Waals surface area contributed by atoms with E-state index in [0.717, 1.165) is 5.75 Å². The van der Waals surface area contributed by atoms with Gasteiger partial charge in [-0.1, -0.05) is 5.20 Å². The average molecular weight is 391 g/mol. The van der Waals surface area contributed by atoms with E-state index in [9.17, 15) is 0 Å². The van der Waals surface area contributed by atoms with Crippen LogP contribution in [0, 0.1) is 20.8 Å². The molecule has 0 aliphatic carbocycles. The number of benzene rings is 1. The van der Waals surface area contributed by atoms with Crippen LogP contribution >= 0.6 is 0 Å². The first kappa shape index (κ1) is 21.6. The van der Waals surface area contributed by atoms with Crippen LogP contribution in [-0.4, -0.2) is 44.7 Å². The van der Waals surface area contributed by atoms with Gasteiger partial charge in [0.2, 0.25) is 29.3 Å². The Morgan fingerprint density at radius 2 is 1.54 bits per heavy atom. The van der Waals surface area contributed by atoms with E-state index in [4.69, 9.17) is 13.3 Å². The molecular formula is C17H26O3Si4. The highest BCUT2D eigenvalue weighted by molar-refractivity contribution is 6.70. The van der Waals surface area contributed by atoms with E-state index in [1.807, 2.05) is 0 Å². The maximum absolute atomic E-state index is 6.32. The Balaban J connectivity index is 3.37. The summed E-state index contributed by atoms with van der Waals surface area (Å²) in [4.78, 5) is 0. The van der Waals surface area contributed by atoms with Crippen molar-refractivity contribution in [2.24, 2.45) is 0 Å². The number of hydrogen-bond donors (Lipinski definition) is 0. The van der Waals surface area contributed by atoms with E-state index in [2.05, 4.69) is 81.3 Å². The molecular weight excluding hydrogens is 365 g/mol. The topological polar surface area (TPSA) is 27.7 Å². The third-order valence-electron chi connectivity index (χ3n) is 4.11. The van der Waals surface area contributed by atoms with Crippen LogP contribution < -0.4 is 4.43 Å².